The molecule has 0 aromatic carbocycles. The fraction of sp³-hybridized carbons (Fsp3) is 0.750. The molecule has 7 heteroatoms. The van der Waals surface area contributed by atoms with Gasteiger partial charge in [0.25, 0.3) is 0 Å². The fourth-order valence-electron chi connectivity index (χ4n) is 2.03. The van der Waals surface area contributed by atoms with Gasteiger partial charge in [0.2, 0.25) is 5.79 Å². The Kier molecular flexibility index (Phi) is 2.49. The monoisotopic (exact) mass is 211 g/mol. The summed E-state index contributed by atoms with van der Waals surface area (Å²) in [6.07, 6.45) is 1.87. The van der Waals surface area contributed by atoms with Gasteiger partial charge >= 0.3 is 0 Å². The maximum atomic E-state index is 6.11. The Bertz CT molecular complexity index is 284. The van der Waals surface area contributed by atoms with Crippen LogP contribution in [-0.4, -0.2) is 30.8 Å². The van der Waals surface area contributed by atoms with Crippen LogP contribution in [0.15, 0.2) is 9.98 Å². The minimum absolute atomic E-state index is 0.193. The van der Waals surface area contributed by atoms with Crippen LogP contribution < -0.4 is 27.8 Å². The van der Waals surface area contributed by atoms with Gasteiger partial charge in [-0.3, -0.25) is 11.1 Å². The largest absolute Gasteiger partial charge is 0.370 e. The first-order valence-electron chi connectivity index (χ1n) is 5.07. The molecule has 15 heavy (non-hydrogen) atoms. The number of hydrogen-bond acceptors (Lipinski definition) is 7. The Morgan fingerprint density at radius 1 is 1.13 bits per heavy atom. The maximum Gasteiger partial charge on any atom is 0.212 e. The first-order chi connectivity index (χ1) is 7.10. The highest BCUT2D eigenvalue weighted by atomic mass is 15.4. The molecule has 2 heterocycles. The van der Waals surface area contributed by atoms with Crippen LogP contribution in [0.3, 0.4) is 0 Å². The predicted octanol–water partition coefficient (Wildman–Crippen LogP) is -2.17. The van der Waals surface area contributed by atoms with Gasteiger partial charge in [-0.2, -0.15) is 0 Å². The molecule has 0 radical (unpaired) electrons. The molecule has 84 valence electrons. The van der Waals surface area contributed by atoms with E-state index < -0.39 is 5.79 Å². The van der Waals surface area contributed by atoms with E-state index in [1.165, 1.54) is 0 Å². The van der Waals surface area contributed by atoms with Crippen molar-refractivity contribution in [3.05, 3.63) is 0 Å². The van der Waals surface area contributed by atoms with Gasteiger partial charge in [-0.1, -0.05) is 0 Å². The molecule has 1 saturated heterocycles. The van der Waals surface area contributed by atoms with Gasteiger partial charge in [-0.25, -0.2) is 9.98 Å². The van der Waals surface area contributed by atoms with Crippen LogP contribution in [0.1, 0.15) is 12.8 Å². The summed E-state index contributed by atoms with van der Waals surface area (Å²) >= 11 is 0. The summed E-state index contributed by atoms with van der Waals surface area (Å²) in [5, 5.41) is 5.90. The standard InChI is InChI=1S/C8H17N7/c9-6-13-7(10)15-8(11,14-6)5-1-3-12-4-2-5/h5,12H,1-4,11H2,(H5,9,10,13,14,15). The van der Waals surface area contributed by atoms with Gasteiger partial charge in [0.15, 0.2) is 11.9 Å². The number of nitrogens with two attached hydrogens (primary N) is 3. The third kappa shape index (κ3) is 2.02. The Hall–Kier alpha value is -1.34. The van der Waals surface area contributed by atoms with Crippen molar-refractivity contribution in [2.45, 2.75) is 18.6 Å². The zero-order valence-electron chi connectivity index (χ0n) is 8.53. The predicted molar refractivity (Wildman–Crippen MR) is 58.9 cm³/mol. The Labute approximate surface area is 88.2 Å². The van der Waals surface area contributed by atoms with Crippen molar-refractivity contribution in [1.29, 1.82) is 0 Å². The molecule has 0 spiro atoms. The number of hydrogen-bond donors (Lipinski definition) is 5. The Morgan fingerprint density at radius 2 is 1.67 bits per heavy atom. The Morgan fingerprint density at radius 3 is 2.20 bits per heavy atom. The van der Waals surface area contributed by atoms with Crippen LogP contribution in [-0.2, 0) is 0 Å². The summed E-state index contributed by atoms with van der Waals surface area (Å²) in [5.74, 6) is -0.313. The minimum atomic E-state index is -0.985. The molecule has 2 rings (SSSR count). The van der Waals surface area contributed by atoms with E-state index in [-0.39, 0.29) is 17.8 Å². The van der Waals surface area contributed by atoms with Crippen molar-refractivity contribution < 1.29 is 0 Å². The molecule has 0 atom stereocenters. The lowest BCUT2D eigenvalue weighted by atomic mass is 9.91. The molecule has 0 aromatic rings. The second-order valence-electron chi connectivity index (χ2n) is 3.93. The average molecular weight is 211 g/mol. The molecule has 0 aromatic heterocycles. The molecule has 7 nitrogen and oxygen atoms in total. The van der Waals surface area contributed by atoms with Crippen LogP contribution in [0.2, 0.25) is 0 Å². The van der Waals surface area contributed by atoms with Crippen LogP contribution in [0.25, 0.3) is 0 Å². The van der Waals surface area contributed by atoms with Crippen LogP contribution in [0, 0.1) is 5.92 Å². The number of aliphatic imine (C=N–C) groups is 2. The number of guanidine groups is 2. The second-order valence-corrected chi connectivity index (χ2v) is 3.93. The van der Waals surface area contributed by atoms with Gasteiger partial charge in [-0.05, 0) is 25.9 Å². The van der Waals surface area contributed by atoms with Gasteiger partial charge in [0.05, 0.1) is 0 Å². The second kappa shape index (κ2) is 3.67. The quantitative estimate of drug-likeness (QED) is 0.337. The summed E-state index contributed by atoms with van der Waals surface area (Å²) in [7, 11) is 0. The van der Waals surface area contributed by atoms with Crippen molar-refractivity contribution in [3.8, 4) is 0 Å². The third-order valence-corrected chi connectivity index (χ3v) is 2.80. The fourth-order valence-corrected chi connectivity index (χ4v) is 2.03. The molecule has 0 amide bonds. The molecule has 2 aliphatic rings. The lowest BCUT2D eigenvalue weighted by Gasteiger charge is -2.35. The highest BCUT2D eigenvalue weighted by Crippen LogP contribution is 2.27. The first kappa shape index (κ1) is 10.2. The molecule has 8 N–H and O–H groups in total. The normalized spacial score (nSPS) is 26.5. The van der Waals surface area contributed by atoms with Crippen molar-refractivity contribution in [1.82, 2.24) is 10.6 Å². The maximum absolute atomic E-state index is 6.11. The number of nitrogens with zero attached hydrogens (tertiary/aromatic N) is 2. The van der Waals surface area contributed by atoms with E-state index in [1.54, 1.807) is 0 Å². The molecule has 2 aliphatic heterocycles. The molecule has 1 fully saturated rings. The summed E-state index contributed by atoms with van der Waals surface area (Å²) in [5.41, 5.74) is 17.3. The Balaban J connectivity index is 2.19. The summed E-state index contributed by atoms with van der Waals surface area (Å²) < 4.78 is 0. The number of nitrogens with one attached hydrogen (secondary N) is 2. The van der Waals surface area contributed by atoms with E-state index in [9.17, 15) is 0 Å². The SMILES string of the molecule is NC1=NC(N)(C2CCNCC2)N=C(N)N1. The zero-order chi connectivity index (χ0) is 10.9. The minimum Gasteiger partial charge on any atom is -0.370 e. The van der Waals surface area contributed by atoms with Crippen molar-refractivity contribution >= 4 is 11.9 Å². The van der Waals surface area contributed by atoms with Gasteiger partial charge < -0.3 is 16.8 Å². The van der Waals surface area contributed by atoms with Crippen LogP contribution >= 0.6 is 0 Å². The molecular weight excluding hydrogens is 194 g/mol. The van der Waals surface area contributed by atoms with Gasteiger partial charge in [-0.15, -0.1) is 0 Å². The summed E-state index contributed by atoms with van der Waals surface area (Å²) in [6, 6.07) is 0. The molecule has 0 saturated carbocycles. The summed E-state index contributed by atoms with van der Waals surface area (Å²) in [4.78, 5) is 8.31. The molecular formula is C8H17N7. The van der Waals surface area contributed by atoms with Gasteiger partial charge in [0, 0.05) is 5.92 Å². The van der Waals surface area contributed by atoms with Crippen molar-refractivity contribution in [2.24, 2.45) is 33.1 Å². The van der Waals surface area contributed by atoms with E-state index in [2.05, 4.69) is 20.6 Å². The van der Waals surface area contributed by atoms with Crippen molar-refractivity contribution in [3.63, 3.8) is 0 Å². The van der Waals surface area contributed by atoms with Gasteiger partial charge in [0.1, 0.15) is 0 Å². The van der Waals surface area contributed by atoms with Crippen LogP contribution in [0.5, 0.6) is 0 Å². The lowest BCUT2D eigenvalue weighted by molar-refractivity contribution is 0.228. The zero-order valence-corrected chi connectivity index (χ0v) is 8.53. The van der Waals surface area contributed by atoms with Crippen LogP contribution in [0.4, 0.5) is 0 Å². The first-order valence-corrected chi connectivity index (χ1v) is 5.07. The molecule has 0 aliphatic carbocycles. The average Bonchev–Trinajstić information content (AvgIpc) is 2.17. The van der Waals surface area contributed by atoms with Crippen molar-refractivity contribution in [2.75, 3.05) is 13.1 Å². The number of piperidine rings is 1. The van der Waals surface area contributed by atoms with E-state index in [0.29, 0.717) is 0 Å². The lowest BCUT2D eigenvalue weighted by Crippen LogP contribution is -2.57. The van der Waals surface area contributed by atoms with E-state index in [1.807, 2.05) is 0 Å². The topological polar surface area (TPSA) is 127 Å². The number of rotatable bonds is 1. The molecule has 0 unspecified atom stereocenters. The third-order valence-electron chi connectivity index (χ3n) is 2.80. The van der Waals surface area contributed by atoms with E-state index >= 15 is 0 Å². The highest BCUT2D eigenvalue weighted by Gasteiger charge is 2.37. The summed E-state index contributed by atoms with van der Waals surface area (Å²) in [6.45, 7) is 1.86. The smallest absolute Gasteiger partial charge is 0.212 e. The molecule has 0 bridgehead atoms. The van der Waals surface area contributed by atoms with E-state index in [0.717, 1.165) is 25.9 Å². The highest BCUT2D eigenvalue weighted by molar-refractivity contribution is 5.98. The van der Waals surface area contributed by atoms with E-state index in [4.69, 9.17) is 17.2 Å².